The van der Waals surface area contributed by atoms with Gasteiger partial charge in [-0.15, -0.1) is 0 Å². The first kappa shape index (κ1) is 15.4. The van der Waals surface area contributed by atoms with E-state index in [2.05, 4.69) is 17.6 Å². The molecule has 0 saturated carbocycles. The normalized spacial score (nSPS) is 10.2. The Morgan fingerprint density at radius 1 is 1.10 bits per heavy atom. The van der Waals surface area contributed by atoms with Gasteiger partial charge in [-0.25, -0.2) is 0 Å². The lowest BCUT2D eigenvalue weighted by Crippen LogP contribution is -2.22. The zero-order valence-corrected chi connectivity index (χ0v) is 12.8. The van der Waals surface area contributed by atoms with Gasteiger partial charge >= 0.3 is 0 Å². The summed E-state index contributed by atoms with van der Waals surface area (Å²) >= 11 is 6.06. The van der Waals surface area contributed by atoms with Crippen molar-refractivity contribution in [1.82, 2.24) is 5.32 Å². The molecule has 0 aliphatic rings. The first-order valence-corrected chi connectivity index (χ1v) is 7.44. The molecular formula is C17H19ClN2O. The van der Waals surface area contributed by atoms with Gasteiger partial charge in [-0.05, 0) is 42.3 Å². The Morgan fingerprint density at radius 2 is 1.81 bits per heavy atom. The van der Waals surface area contributed by atoms with Crippen LogP contribution in [0.2, 0.25) is 5.02 Å². The SMILES string of the molecule is CCCNc1ccc(C(=O)NCc2ccccc2Cl)cc1. The zero-order chi connectivity index (χ0) is 15.1. The molecule has 0 spiro atoms. The van der Waals surface area contributed by atoms with E-state index in [1.807, 2.05) is 48.5 Å². The Morgan fingerprint density at radius 3 is 2.48 bits per heavy atom. The van der Waals surface area contributed by atoms with Crippen LogP contribution in [0.1, 0.15) is 29.3 Å². The predicted molar refractivity (Wildman–Crippen MR) is 87.8 cm³/mol. The second-order valence-corrected chi connectivity index (χ2v) is 5.19. The third kappa shape index (κ3) is 4.50. The van der Waals surface area contributed by atoms with Gasteiger partial charge in [0.15, 0.2) is 0 Å². The van der Waals surface area contributed by atoms with Gasteiger partial charge in [0.2, 0.25) is 0 Å². The summed E-state index contributed by atoms with van der Waals surface area (Å²) in [5, 5.41) is 6.82. The molecule has 0 fully saturated rings. The molecule has 3 nitrogen and oxygen atoms in total. The van der Waals surface area contributed by atoms with E-state index in [0.29, 0.717) is 17.1 Å². The highest BCUT2D eigenvalue weighted by Gasteiger charge is 2.06. The molecule has 0 saturated heterocycles. The number of carbonyl (C=O) groups excluding carboxylic acids is 1. The van der Waals surface area contributed by atoms with Crippen LogP contribution in [0.5, 0.6) is 0 Å². The van der Waals surface area contributed by atoms with Crippen molar-refractivity contribution in [2.75, 3.05) is 11.9 Å². The molecule has 1 amide bonds. The second kappa shape index (κ2) is 7.70. The van der Waals surface area contributed by atoms with Gasteiger partial charge in [0.25, 0.3) is 5.91 Å². The number of anilines is 1. The number of amides is 1. The lowest BCUT2D eigenvalue weighted by atomic mass is 10.1. The van der Waals surface area contributed by atoms with Crippen molar-refractivity contribution in [1.29, 1.82) is 0 Å². The Hall–Kier alpha value is -2.00. The molecule has 0 radical (unpaired) electrons. The molecule has 21 heavy (non-hydrogen) atoms. The lowest BCUT2D eigenvalue weighted by molar-refractivity contribution is 0.0951. The largest absolute Gasteiger partial charge is 0.385 e. The molecule has 2 N–H and O–H groups in total. The molecule has 0 atom stereocenters. The molecular weight excluding hydrogens is 284 g/mol. The molecule has 0 bridgehead atoms. The number of rotatable bonds is 6. The highest BCUT2D eigenvalue weighted by atomic mass is 35.5. The van der Waals surface area contributed by atoms with E-state index in [1.165, 1.54) is 0 Å². The maximum atomic E-state index is 12.1. The van der Waals surface area contributed by atoms with Crippen molar-refractivity contribution >= 4 is 23.2 Å². The van der Waals surface area contributed by atoms with Crippen molar-refractivity contribution in [3.63, 3.8) is 0 Å². The van der Waals surface area contributed by atoms with Gasteiger partial charge in [0.1, 0.15) is 0 Å². The zero-order valence-electron chi connectivity index (χ0n) is 12.0. The van der Waals surface area contributed by atoms with Crippen LogP contribution in [0.25, 0.3) is 0 Å². The highest BCUT2D eigenvalue weighted by molar-refractivity contribution is 6.31. The van der Waals surface area contributed by atoms with Gasteiger partial charge in [-0.1, -0.05) is 36.7 Å². The Bertz CT molecular complexity index is 596. The van der Waals surface area contributed by atoms with E-state index >= 15 is 0 Å². The van der Waals surface area contributed by atoms with E-state index in [4.69, 9.17) is 11.6 Å². The van der Waals surface area contributed by atoms with Crippen molar-refractivity contribution in [3.8, 4) is 0 Å². The molecule has 0 aliphatic heterocycles. The molecule has 0 aromatic heterocycles. The number of halogens is 1. The minimum atomic E-state index is -0.100. The number of hydrogen-bond donors (Lipinski definition) is 2. The summed E-state index contributed by atoms with van der Waals surface area (Å²) in [6.45, 7) is 3.47. The summed E-state index contributed by atoms with van der Waals surface area (Å²) in [5.74, 6) is -0.100. The minimum absolute atomic E-state index is 0.100. The molecule has 2 rings (SSSR count). The lowest BCUT2D eigenvalue weighted by Gasteiger charge is -2.08. The summed E-state index contributed by atoms with van der Waals surface area (Å²) in [6.07, 6.45) is 1.07. The summed E-state index contributed by atoms with van der Waals surface area (Å²) in [5.41, 5.74) is 2.58. The molecule has 0 unspecified atom stereocenters. The molecule has 2 aromatic rings. The maximum absolute atomic E-state index is 12.1. The smallest absolute Gasteiger partial charge is 0.251 e. The fourth-order valence-electron chi connectivity index (χ4n) is 1.93. The number of nitrogens with one attached hydrogen (secondary N) is 2. The summed E-state index contributed by atoms with van der Waals surface area (Å²) in [7, 11) is 0. The summed E-state index contributed by atoms with van der Waals surface area (Å²) in [4.78, 5) is 12.1. The van der Waals surface area contributed by atoms with Crippen LogP contribution in [0, 0.1) is 0 Å². The maximum Gasteiger partial charge on any atom is 0.251 e. The molecule has 0 heterocycles. The van der Waals surface area contributed by atoms with Crippen molar-refractivity contribution < 1.29 is 4.79 Å². The van der Waals surface area contributed by atoms with Gasteiger partial charge in [-0.3, -0.25) is 4.79 Å². The van der Waals surface area contributed by atoms with Crippen LogP contribution < -0.4 is 10.6 Å². The van der Waals surface area contributed by atoms with Crippen LogP contribution in [0.3, 0.4) is 0 Å². The third-order valence-electron chi connectivity index (χ3n) is 3.12. The van der Waals surface area contributed by atoms with Gasteiger partial charge < -0.3 is 10.6 Å². The second-order valence-electron chi connectivity index (χ2n) is 4.78. The fraction of sp³-hybridized carbons (Fsp3) is 0.235. The van der Waals surface area contributed by atoms with Crippen LogP contribution in [-0.4, -0.2) is 12.5 Å². The minimum Gasteiger partial charge on any atom is -0.385 e. The Balaban J connectivity index is 1.93. The van der Waals surface area contributed by atoms with Crippen LogP contribution in [-0.2, 0) is 6.54 Å². The standard InChI is InChI=1S/C17H19ClN2O/c1-2-11-19-15-9-7-13(8-10-15)17(21)20-12-14-5-3-4-6-16(14)18/h3-10,19H,2,11-12H2,1H3,(H,20,21). The van der Waals surface area contributed by atoms with Gasteiger partial charge in [-0.2, -0.15) is 0 Å². The van der Waals surface area contributed by atoms with Crippen molar-refractivity contribution in [3.05, 3.63) is 64.7 Å². The quantitative estimate of drug-likeness (QED) is 0.844. The third-order valence-corrected chi connectivity index (χ3v) is 3.49. The van der Waals surface area contributed by atoms with Gasteiger partial charge in [0.05, 0.1) is 0 Å². The molecule has 0 aliphatic carbocycles. The van der Waals surface area contributed by atoms with E-state index in [0.717, 1.165) is 24.2 Å². The number of benzene rings is 2. The van der Waals surface area contributed by atoms with E-state index in [1.54, 1.807) is 0 Å². The molecule has 110 valence electrons. The van der Waals surface area contributed by atoms with Gasteiger partial charge in [0, 0.05) is 29.4 Å². The van der Waals surface area contributed by atoms with E-state index in [-0.39, 0.29) is 5.91 Å². The van der Waals surface area contributed by atoms with E-state index < -0.39 is 0 Å². The average molecular weight is 303 g/mol. The molecule has 4 heteroatoms. The van der Waals surface area contributed by atoms with Crippen molar-refractivity contribution in [2.45, 2.75) is 19.9 Å². The average Bonchev–Trinajstić information content (AvgIpc) is 2.52. The predicted octanol–water partition coefficient (Wildman–Crippen LogP) is 4.09. The number of hydrogen-bond acceptors (Lipinski definition) is 2. The summed E-state index contributed by atoms with van der Waals surface area (Å²) < 4.78 is 0. The number of carbonyl (C=O) groups is 1. The fourth-order valence-corrected chi connectivity index (χ4v) is 2.13. The first-order chi connectivity index (χ1) is 10.2. The monoisotopic (exact) mass is 302 g/mol. The highest BCUT2D eigenvalue weighted by Crippen LogP contribution is 2.15. The molecule has 2 aromatic carbocycles. The van der Waals surface area contributed by atoms with Crippen LogP contribution in [0.15, 0.2) is 48.5 Å². The van der Waals surface area contributed by atoms with E-state index in [9.17, 15) is 4.79 Å². The van der Waals surface area contributed by atoms with Crippen LogP contribution >= 0.6 is 11.6 Å². The summed E-state index contributed by atoms with van der Waals surface area (Å²) in [6, 6.07) is 15.0. The van der Waals surface area contributed by atoms with Crippen LogP contribution in [0.4, 0.5) is 5.69 Å². The van der Waals surface area contributed by atoms with Crippen molar-refractivity contribution in [2.24, 2.45) is 0 Å². The topological polar surface area (TPSA) is 41.1 Å². The Labute approximate surface area is 130 Å². The Kier molecular flexibility index (Phi) is 5.64. The first-order valence-electron chi connectivity index (χ1n) is 7.06.